The summed E-state index contributed by atoms with van der Waals surface area (Å²) >= 11 is 1.30. The summed E-state index contributed by atoms with van der Waals surface area (Å²) in [5.41, 5.74) is 2.05. The van der Waals surface area contributed by atoms with Crippen LogP contribution in [0.1, 0.15) is 26.2 Å². The number of rotatable bonds is 6. The van der Waals surface area contributed by atoms with Gasteiger partial charge in [-0.25, -0.2) is 4.39 Å². The van der Waals surface area contributed by atoms with Crippen molar-refractivity contribution < 1.29 is 18.7 Å². The predicted octanol–water partition coefficient (Wildman–Crippen LogP) is 4.12. The zero-order valence-electron chi connectivity index (χ0n) is 19.3. The Balaban J connectivity index is 1.39. The lowest BCUT2D eigenvalue weighted by Gasteiger charge is -2.27. The molecule has 5 rings (SSSR count). The van der Waals surface area contributed by atoms with Gasteiger partial charge in [0.1, 0.15) is 5.82 Å². The minimum atomic E-state index is -0.320. The van der Waals surface area contributed by atoms with Crippen molar-refractivity contribution in [3.63, 3.8) is 0 Å². The van der Waals surface area contributed by atoms with E-state index in [4.69, 9.17) is 4.74 Å². The van der Waals surface area contributed by atoms with E-state index in [1.807, 2.05) is 29.7 Å². The van der Waals surface area contributed by atoms with E-state index < -0.39 is 0 Å². The van der Waals surface area contributed by atoms with Gasteiger partial charge in [0.15, 0.2) is 11.0 Å². The molecule has 3 heterocycles. The highest BCUT2D eigenvalue weighted by molar-refractivity contribution is 7.99. The smallest absolute Gasteiger partial charge is 0.237 e. The summed E-state index contributed by atoms with van der Waals surface area (Å²) in [6.45, 7) is 3.15. The molecule has 1 N–H and O–H groups in total. The molecule has 3 aromatic rings. The summed E-state index contributed by atoms with van der Waals surface area (Å²) in [7, 11) is 0. The topological polar surface area (TPSA) is 89.4 Å². The Labute approximate surface area is 206 Å². The van der Waals surface area contributed by atoms with Crippen LogP contribution in [0.3, 0.4) is 0 Å². The first-order valence-electron chi connectivity index (χ1n) is 11.6. The van der Waals surface area contributed by atoms with Gasteiger partial charge in [0.25, 0.3) is 0 Å². The van der Waals surface area contributed by atoms with E-state index >= 15 is 0 Å². The van der Waals surface area contributed by atoms with Crippen molar-refractivity contribution in [3.05, 3.63) is 54.3 Å². The lowest BCUT2D eigenvalue weighted by molar-refractivity contribution is -0.117. The maximum Gasteiger partial charge on any atom is 0.237 e. The van der Waals surface area contributed by atoms with Crippen LogP contribution in [0.15, 0.2) is 53.7 Å². The third-order valence-corrected chi connectivity index (χ3v) is 7.13. The lowest BCUT2D eigenvalue weighted by atomic mass is 10.2. The average Bonchev–Trinajstić information content (AvgIpc) is 3.47. The van der Waals surface area contributed by atoms with Crippen molar-refractivity contribution in [3.8, 4) is 11.4 Å². The molecular weight excluding hydrogens is 469 g/mol. The number of nitrogens with zero attached hydrogens (tertiary/aromatic N) is 4. The largest absolute Gasteiger partial charge is 0.376 e. The summed E-state index contributed by atoms with van der Waals surface area (Å²) in [6, 6.07) is 13.2. The summed E-state index contributed by atoms with van der Waals surface area (Å²) < 4.78 is 21.3. The number of carbonyl (C=O) groups excluding carboxylic acids is 2. The number of hydrogen-bond acceptors (Lipinski definition) is 6. The normalized spacial score (nSPS) is 19.8. The molecule has 0 unspecified atom stereocenters. The van der Waals surface area contributed by atoms with Crippen LogP contribution >= 0.6 is 11.8 Å². The van der Waals surface area contributed by atoms with E-state index in [9.17, 15) is 14.0 Å². The number of benzene rings is 2. The van der Waals surface area contributed by atoms with Gasteiger partial charge < -0.3 is 15.0 Å². The molecule has 0 spiro atoms. The quantitative estimate of drug-likeness (QED) is 0.518. The first-order chi connectivity index (χ1) is 17.0. The van der Waals surface area contributed by atoms with Gasteiger partial charge in [-0.1, -0.05) is 23.9 Å². The van der Waals surface area contributed by atoms with Gasteiger partial charge >= 0.3 is 0 Å². The molecule has 10 heteroatoms. The third-order valence-electron chi connectivity index (χ3n) is 6.18. The van der Waals surface area contributed by atoms with Crippen LogP contribution in [-0.2, 0) is 20.9 Å². The number of para-hydroxylation sites is 2. The van der Waals surface area contributed by atoms with Gasteiger partial charge in [0.05, 0.1) is 29.8 Å². The predicted molar refractivity (Wildman–Crippen MR) is 132 cm³/mol. The molecule has 2 aliphatic rings. The van der Waals surface area contributed by atoms with E-state index in [-0.39, 0.29) is 42.0 Å². The van der Waals surface area contributed by atoms with Gasteiger partial charge in [-0.15, -0.1) is 10.2 Å². The van der Waals surface area contributed by atoms with Gasteiger partial charge in [-0.05, 0) is 56.2 Å². The molecule has 8 nitrogen and oxygen atoms in total. The first-order valence-corrected chi connectivity index (χ1v) is 12.6. The summed E-state index contributed by atoms with van der Waals surface area (Å²) in [6.07, 6.45) is 2.19. The molecule has 1 fully saturated rings. The molecule has 35 heavy (non-hydrogen) atoms. The fraction of sp³-hybridized carbons (Fsp3) is 0.360. The summed E-state index contributed by atoms with van der Waals surface area (Å²) in [5, 5.41) is 12.2. The van der Waals surface area contributed by atoms with Crippen molar-refractivity contribution in [1.82, 2.24) is 14.8 Å². The second kappa shape index (κ2) is 10.2. The van der Waals surface area contributed by atoms with E-state index in [1.54, 1.807) is 23.1 Å². The average molecular weight is 496 g/mol. The monoisotopic (exact) mass is 495 g/mol. The fourth-order valence-electron chi connectivity index (χ4n) is 4.53. The molecule has 0 saturated carbocycles. The number of nitrogens with one attached hydrogen (secondary N) is 1. The van der Waals surface area contributed by atoms with Gasteiger partial charge in [0, 0.05) is 24.6 Å². The lowest BCUT2D eigenvalue weighted by Crippen LogP contribution is -2.40. The highest BCUT2D eigenvalue weighted by atomic mass is 32.2. The molecule has 2 aromatic carbocycles. The van der Waals surface area contributed by atoms with E-state index in [0.717, 1.165) is 25.0 Å². The first kappa shape index (κ1) is 23.5. The van der Waals surface area contributed by atoms with E-state index in [2.05, 4.69) is 15.5 Å². The molecule has 1 aromatic heterocycles. The van der Waals surface area contributed by atoms with Crippen LogP contribution in [0.2, 0.25) is 0 Å². The minimum absolute atomic E-state index is 0.0369. The van der Waals surface area contributed by atoms with E-state index in [1.165, 1.54) is 23.9 Å². The Hall–Kier alpha value is -3.24. The maximum atomic E-state index is 13.5. The van der Waals surface area contributed by atoms with Crippen LogP contribution < -0.4 is 10.2 Å². The Morgan fingerprint density at radius 3 is 2.77 bits per heavy atom. The number of ether oxygens (including phenoxy) is 1. The number of fused-ring (bicyclic) bond motifs is 1. The summed E-state index contributed by atoms with van der Waals surface area (Å²) in [5.74, 6) is 0.173. The molecule has 0 aliphatic carbocycles. The standard InChI is InChI=1S/C25H26FN5O3S/c1-16-13-22(32)27-20-6-2-3-7-21(20)31(16)23(33)15-35-25-29-28-24(17-8-10-18(26)11-9-17)30(25)14-19-5-4-12-34-19/h2-3,6-11,16,19H,4-5,12-15H2,1H3,(H,27,32)/t16-,19+/m1/s1. The number of halogens is 1. The summed E-state index contributed by atoms with van der Waals surface area (Å²) in [4.78, 5) is 27.4. The van der Waals surface area contributed by atoms with Crippen molar-refractivity contribution in [1.29, 1.82) is 0 Å². The Bertz CT molecular complexity index is 1230. The van der Waals surface area contributed by atoms with Crippen molar-refractivity contribution >= 4 is 35.0 Å². The minimum Gasteiger partial charge on any atom is -0.376 e. The number of amides is 2. The molecule has 2 amide bonds. The second-order valence-corrected chi connectivity index (χ2v) is 9.67. The third kappa shape index (κ3) is 5.08. The second-order valence-electron chi connectivity index (χ2n) is 8.73. The Morgan fingerprint density at radius 2 is 2.00 bits per heavy atom. The van der Waals surface area contributed by atoms with Gasteiger partial charge in [0.2, 0.25) is 11.8 Å². The SMILES string of the molecule is C[C@@H]1CC(=O)Nc2ccccc2N1C(=O)CSc1nnc(-c2ccc(F)cc2)n1C[C@@H]1CCCO1. The van der Waals surface area contributed by atoms with E-state index in [0.29, 0.717) is 28.9 Å². The van der Waals surface area contributed by atoms with Crippen LogP contribution in [-0.4, -0.2) is 51.1 Å². The van der Waals surface area contributed by atoms with Crippen molar-refractivity contribution in [2.24, 2.45) is 0 Å². The number of carbonyl (C=O) groups is 2. The maximum absolute atomic E-state index is 13.5. The number of hydrogen-bond donors (Lipinski definition) is 1. The number of aromatic nitrogens is 3. The zero-order valence-corrected chi connectivity index (χ0v) is 20.1. The highest BCUT2D eigenvalue weighted by Gasteiger charge is 2.30. The zero-order chi connectivity index (χ0) is 24.4. The molecule has 182 valence electrons. The molecule has 2 aliphatic heterocycles. The number of thioether (sulfide) groups is 1. The van der Waals surface area contributed by atoms with Gasteiger partial charge in [-0.2, -0.15) is 0 Å². The molecular formula is C25H26FN5O3S. The Kier molecular flexibility index (Phi) is 6.83. The van der Waals surface area contributed by atoms with Crippen LogP contribution in [0, 0.1) is 5.82 Å². The van der Waals surface area contributed by atoms with Crippen molar-refractivity contribution in [2.45, 2.75) is 50.0 Å². The van der Waals surface area contributed by atoms with Crippen LogP contribution in [0.4, 0.5) is 15.8 Å². The van der Waals surface area contributed by atoms with Crippen LogP contribution in [0.5, 0.6) is 0 Å². The van der Waals surface area contributed by atoms with Gasteiger partial charge in [-0.3, -0.25) is 14.2 Å². The molecule has 1 saturated heterocycles. The molecule has 2 atom stereocenters. The van der Waals surface area contributed by atoms with Crippen LogP contribution in [0.25, 0.3) is 11.4 Å². The molecule has 0 bridgehead atoms. The van der Waals surface area contributed by atoms with Crippen molar-refractivity contribution in [2.75, 3.05) is 22.6 Å². The number of anilines is 2. The Morgan fingerprint density at radius 1 is 1.20 bits per heavy atom. The molecule has 0 radical (unpaired) electrons. The highest BCUT2D eigenvalue weighted by Crippen LogP contribution is 2.33. The fourth-order valence-corrected chi connectivity index (χ4v) is 5.34.